The van der Waals surface area contributed by atoms with Crippen LogP contribution in [0.4, 0.5) is 5.69 Å². The highest BCUT2D eigenvalue weighted by molar-refractivity contribution is 9.10. The molecule has 7 nitrogen and oxygen atoms in total. The van der Waals surface area contributed by atoms with Gasteiger partial charge in [-0.1, -0.05) is 58.2 Å². The Balaban J connectivity index is 2.45. The standard InChI is InChI=1S/C23H28BrCl2N3O4S/c1-5-15(2)27-23(31)16(3)28(13-19-20(25)10-7-11-21(19)26)22(30)14-29(34(4,32)33)18-9-6-8-17(24)12-18/h6-12,15-16H,5,13-14H2,1-4H3,(H,27,31)/t15-,16+/m1/s1. The van der Waals surface area contributed by atoms with Crippen LogP contribution in [0.5, 0.6) is 0 Å². The van der Waals surface area contributed by atoms with Gasteiger partial charge in [0.2, 0.25) is 21.8 Å². The Labute approximate surface area is 219 Å². The van der Waals surface area contributed by atoms with Gasteiger partial charge < -0.3 is 10.2 Å². The number of rotatable bonds is 10. The normalized spacial score (nSPS) is 13.1. The van der Waals surface area contributed by atoms with Gasteiger partial charge >= 0.3 is 0 Å². The average Bonchev–Trinajstić information content (AvgIpc) is 2.75. The van der Waals surface area contributed by atoms with Gasteiger partial charge in [-0.3, -0.25) is 13.9 Å². The van der Waals surface area contributed by atoms with Crippen molar-refractivity contribution in [1.29, 1.82) is 0 Å². The molecule has 11 heteroatoms. The smallest absolute Gasteiger partial charge is 0.244 e. The highest BCUT2D eigenvalue weighted by atomic mass is 79.9. The lowest BCUT2D eigenvalue weighted by atomic mass is 10.1. The quantitative estimate of drug-likeness (QED) is 0.427. The van der Waals surface area contributed by atoms with E-state index in [1.807, 2.05) is 13.8 Å². The molecule has 0 saturated heterocycles. The van der Waals surface area contributed by atoms with Crippen LogP contribution in [0.2, 0.25) is 10.0 Å². The Bertz CT molecular complexity index is 1130. The number of hydrogen-bond acceptors (Lipinski definition) is 4. The maximum atomic E-state index is 13.5. The molecule has 1 N–H and O–H groups in total. The van der Waals surface area contributed by atoms with Gasteiger partial charge in [0.25, 0.3) is 0 Å². The fourth-order valence-corrected chi connectivity index (χ4v) is 4.89. The first-order valence-electron chi connectivity index (χ1n) is 10.6. The Morgan fingerprint density at radius 2 is 1.68 bits per heavy atom. The summed E-state index contributed by atoms with van der Waals surface area (Å²) in [5.74, 6) is -0.938. The van der Waals surface area contributed by atoms with Crippen LogP contribution in [-0.4, -0.2) is 50.0 Å². The number of carbonyl (C=O) groups excluding carboxylic acids is 2. The summed E-state index contributed by atoms with van der Waals surface area (Å²) in [6, 6.07) is 10.6. The summed E-state index contributed by atoms with van der Waals surface area (Å²) < 4.78 is 26.8. The van der Waals surface area contributed by atoms with E-state index in [0.717, 1.165) is 10.6 Å². The molecule has 2 rings (SSSR count). The molecule has 2 aromatic carbocycles. The van der Waals surface area contributed by atoms with Crippen LogP contribution >= 0.6 is 39.1 Å². The molecular weight excluding hydrogens is 565 g/mol. The summed E-state index contributed by atoms with van der Waals surface area (Å²) in [4.78, 5) is 27.7. The van der Waals surface area contributed by atoms with Crippen molar-refractivity contribution < 1.29 is 18.0 Å². The summed E-state index contributed by atoms with van der Waals surface area (Å²) in [6.07, 6.45) is 1.74. The van der Waals surface area contributed by atoms with Crippen molar-refractivity contribution >= 4 is 66.7 Å². The zero-order chi connectivity index (χ0) is 25.6. The first-order valence-corrected chi connectivity index (χ1v) is 14.0. The molecule has 0 aliphatic carbocycles. The second kappa shape index (κ2) is 12.2. The number of hydrogen-bond donors (Lipinski definition) is 1. The van der Waals surface area contributed by atoms with Crippen LogP contribution in [-0.2, 0) is 26.2 Å². The molecule has 34 heavy (non-hydrogen) atoms. The minimum absolute atomic E-state index is 0.0669. The fraction of sp³-hybridized carbons (Fsp3) is 0.391. The van der Waals surface area contributed by atoms with E-state index in [4.69, 9.17) is 23.2 Å². The van der Waals surface area contributed by atoms with Crippen LogP contribution in [0.3, 0.4) is 0 Å². The van der Waals surface area contributed by atoms with Gasteiger partial charge in [-0.05, 0) is 50.6 Å². The third kappa shape index (κ3) is 7.60. The second-order valence-corrected chi connectivity index (χ2v) is 11.6. The third-order valence-electron chi connectivity index (χ3n) is 5.33. The van der Waals surface area contributed by atoms with Crippen molar-refractivity contribution in [2.75, 3.05) is 17.1 Å². The van der Waals surface area contributed by atoms with E-state index in [1.165, 1.54) is 4.90 Å². The van der Waals surface area contributed by atoms with E-state index in [1.54, 1.807) is 49.4 Å². The third-order valence-corrected chi connectivity index (χ3v) is 7.68. The van der Waals surface area contributed by atoms with E-state index >= 15 is 0 Å². The molecule has 2 atom stereocenters. The lowest BCUT2D eigenvalue weighted by Crippen LogP contribution is -2.52. The molecule has 0 saturated carbocycles. The largest absolute Gasteiger partial charge is 0.352 e. The molecule has 0 radical (unpaired) electrons. The maximum Gasteiger partial charge on any atom is 0.244 e. The Morgan fingerprint density at radius 1 is 1.09 bits per heavy atom. The molecule has 0 fully saturated rings. The molecule has 0 heterocycles. The number of nitrogens with one attached hydrogen (secondary N) is 1. The van der Waals surface area contributed by atoms with E-state index in [-0.39, 0.29) is 18.5 Å². The number of halogens is 3. The van der Waals surface area contributed by atoms with Crippen LogP contribution in [0.1, 0.15) is 32.8 Å². The lowest BCUT2D eigenvalue weighted by molar-refractivity contribution is -0.139. The van der Waals surface area contributed by atoms with Gasteiger partial charge in [-0.25, -0.2) is 8.42 Å². The van der Waals surface area contributed by atoms with Crippen LogP contribution in [0, 0.1) is 0 Å². The zero-order valence-electron chi connectivity index (χ0n) is 19.4. The first-order chi connectivity index (χ1) is 15.8. The SMILES string of the molecule is CC[C@@H](C)NC(=O)[C@H](C)N(Cc1c(Cl)cccc1Cl)C(=O)CN(c1cccc(Br)c1)S(C)(=O)=O. The highest BCUT2D eigenvalue weighted by Crippen LogP contribution is 2.27. The molecule has 186 valence electrons. The number of carbonyl (C=O) groups is 2. The van der Waals surface area contributed by atoms with Gasteiger partial charge in [0.15, 0.2) is 0 Å². The number of benzene rings is 2. The first kappa shape index (κ1) is 28.4. The molecule has 2 aromatic rings. The summed E-state index contributed by atoms with van der Waals surface area (Å²) in [7, 11) is -3.81. The van der Waals surface area contributed by atoms with Crippen molar-refractivity contribution in [3.63, 3.8) is 0 Å². The predicted octanol–water partition coefficient (Wildman–Crippen LogP) is 4.85. The van der Waals surface area contributed by atoms with Crippen molar-refractivity contribution in [2.24, 2.45) is 0 Å². The van der Waals surface area contributed by atoms with Crippen molar-refractivity contribution in [3.05, 3.63) is 62.5 Å². The van der Waals surface area contributed by atoms with Crippen molar-refractivity contribution in [2.45, 2.75) is 45.8 Å². The van der Waals surface area contributed by atoms with Gasteiger partial charge in [0, 0.05) is 32.7 Å². The number of amides is 2. The lowest BCUT2D eigenvalue weighted by Gasteiger charge is -2.32. The summed E-state index contributed by atoms with van der Waals surface area (Å²) in [5, 5.41) is 3.54. The molecular formula is C23H28BrCl2N3O4S. The minimum atomic E-state index is -3.81. The molecule has 0 aliphatic rings. The maximum absolute atomic E-state index is 13.5. The molecule has 2 amide bonds. The predicted molar refractivity (Wildman–Crippen MR) is 141 cm³/mol. The summed E-state index contributed by atoms with van der Waals surface area (Å²) in [5.41, 5.74) is 0.786. The number of nitrogens with zero attached hydrogens (tertiary/aromatic N) is 2. The monoisotopic (exact) mass is 591 g/mol. The van der Waals surface area contributed by atoms with E-state index in [2.05, 4.69) is 21.2 Å². The molecule has 0 unspecified atom stereocenters. The molecule has 0 aliphatic heterocycles. The van der Waals surface area contributed by atoms with Crippen molar-refractivity contribution in [1.82, 2.24) is 10.2 Å². The number of sulfonamides is 1. The topological polar surface area (TPSA) is 86.8 Å². The summed E-state index contributed by atoms with van der Waals surface area (Å²) in [6.45, 7) is 4.81. The zero-order valence-corrected chi connectivity index (χ0v) is 23.3. The van der Waals surface area contributed by atoms with Gasteiger partial charge in [0.1, 0.15) is 12.6 Å². The van der Waals surface area contributed by atoms with Gasteiger partial charge in [-0.15, -0.1) is 0 Å². The average molecular weight is 593 g/mol. The van der Waals surface area contributed by atoms with E-state index < -0.39 is 28.5 Å². The van der Waals surface area contributed by atoms with Crippen molar-refractivity contribution in [3.8, 4) is 0 Å². The Hall–Kier alpha value is -1.81. The highest BCUT2D eigenvalue weighted by Gasteiger charge is 2.31. The van der Waals surface area contributed by atoms with Crippen LogP contribution < -0.4 is 9.62 Å². The molecule has 0 bridgehead atoms. The summed E-state index contributed by atoms with van der Waals surface area (Å²) >= 11 is 16.0. The fourth-order valence-electron chi connectivity index (χ4n) is 3.15. The van der Waals surface area contributed by atoms with Crippen LogP contribution in [0.15, 0.2) is 46.9 Å². The van der Waals surface area contributed by atoms with Crippen LogP contribution in [0.25, 0.3) is 0 Å². The Kier molecular flexibility index (Phi) is 10.2. The molecule has 0 aromatic heterocycles. The van der Waals surface area contributed by atoms with Gasteiger partial charge in [-0.2, -0.15) is 0 Å². The second-order valence-electron chi connectivity index (χ2n) is 7.97. The van der Waals surface area contributed by atoms with E-state index in [9.17, 15) is 18.0 Å². The Morgan fingerprint density at radius 3 is 2.21 bits per heavy atom. The molecule has 0 spiro atoms. The number of anilines is 1. The van der Waals surface area contributed by atoms with Gasteiger partial charge in [0.05, 0.1) is 11.9 Å². The van der Waals surface area contributed by atoms with E-state index in [0.29, 0.717) is 32.2 Å². The minimum Gasteiger partial charge on any atom is -0.352 e.